The minimum atomic E-state index is -2.08. The van der Waals surface area contributed by atoms with E-state index in [-0.39, 0.29) is 42.4 Å². The van der Waals surface area contributed by atoms with E-state index in [4.69, 9.17) is 31.6 Å². The molecule has 0 spiro atoms. The molecular weight excluding hydrogens is 285 g/mol. The van der Waals surface area contributed by atoms with Crippen LogP contribution in [0, 0.1) is 0 Å². The molecule has 0 saturated carbocycles. The molecule has 0 aromatic carbocycles. The smallest absolute Gasteiger partial charge is 0.565 e. The Kier molecular flexibility index (Phi) is 15.0. The van der Waals surface area contributed by atoms with E-state index >= 15 is 0 Å². The monoisotopic (exact) mass is 301 g/mol. The van der Waals surface area contributed by atoms with Gasteiger partial charge in [-0.2, -0.15) is 0 Å². The molecule has 0 radical (unpaired) electrons. The van der Waals surface area contributed by atoms with E-state index in [1.807, 2.05) is 0 Å². The molecule has 0 bridgehead atoms. The number of nitrogens with one attached hydrogen (secondary N) is 1. The summed E-state index contributed by atoms with van der Waals surface area (Å²) < 4.78 is 0. The van der Waals surface area contributed by atoms with Crippen molar-refractivity contribution >= 4 is 23.9 Å². The fourth-order valence-electron chi connectivity index (χ4n) is 0.847. The summed E-state index contributed by atoms with van der Waals surface area (Å²) in [5.41, 5.74) is 10.1. The maximum absolute atomic E-state index is 11.1. The summed E-state index contributed by atoms with van der Waals surface area (Å²) in [4.78, 5) is 40.6. The summed E-state index contributed by atoms with van der Waals surface area (Å²) >= 11 is 0. The molecule has 0 unspecified atom stereocenters. The Morgan fingerprint density at radius 3 is 1.90 bits per heavy atom. The molecule has 11 heteroatoms. The third-order valence-corrected chi connectivity index (χ3v) is 1.71. The number of hydrogen-bond acceptors (Lipinski definition) is 6. The fraction of sp³-hybridized carbons (Fsp3) is 0.556. The van der Waals surface area contributed by atoms with E-state index < -0.39 is 36.0 Å². The van der Waals surface area contributed by atoms with E-state index in [9.17, 15) is 14.4 Å². The molecule has 0 fully saturated rings. The number of rotatable bonds is 6. The molecule has 0 aromatic heterocycles. The first-order chi connectivity index (χ1) is 8.57. The number of aliphatic carboxylic acids is 1. The van der Waals surface area contributed by atoms with Gasteiger partial charge in [0, 0.05) is 6.42 Å². The Morgan fingerprint density at radius 1 is 1.25 bits per heavy atom. The zero-order valence-corrected chi connectivity index (χ0v) is 13.2. The second-order valence-corrected chi connectivity index (χ2v) is 3.46. The minimum Gasteiger partial charge on any atom is -0.565 e. The van der Waals surface area contributed by atoms with Crippen molar-refractivity contribution < 1.29 is 64.1 Å². The molecule has 0 heterocycles. The topological polar surface area (TPSA) is 196 Å². The van der Waals surface area contributed by atoms with Crippen LogP contribution in [0.5, 0.6) is 0 Å². The van der Waals surface area contributed by atoms with Gasteiger partial charge in [0.1, 0.15) is 6.04 Å². The Hall–Kier alpha value is -1.36. The summed E-state index contributed by atoms with van der Waals surface area (Å²) in [6.45, 7) is 1.43. The Morgan fingerprint density at radius 2 is 1.65 bits per heavy atom. The third-order valence-electron chi connectivity index (χ3n) is 1.71. The number of carboxylic acid groups (broad SMARTS) is 3. The van der Waals surface area contributed by atoms with Crippen LogP contribution < -0.4 is 51.4 Å². The van der Waals surface area contributed by atoms with Gasteiger partial charge >= 0.3 is 35.5 Å². The summed E-state index contributed by atoms with van der Waals surface area (Å²) in [5.74, 6) is -2.41. The van der Waals surface area contributed by atoms with Gasteiger partial charge in [-0.25, -0.2) is 4.79 Å². The molecule has 0 aliphatic heterocycles. The summed E-state index contributed by atoms with van der Waals surface area (Å²) in [6, 6.07) is -1.92. The van der Waals surface area contributed by atoms with Gasteiger partial charge in [-0.15, -0.1) is 0 Å². The molecule has 10 nitrogen and oxygen atoms in total. The minimum absolute atomic E-state index is 0. The quantitative estimate of drug-likeness (QED) is 0.299. The predicted octanol–water partition coefficient (Wildman–Crippen LogP) is -5.94. The van der Waals surface area contributed by atoms with Crippen molar-refractivity contribution in [3.8, 4) is 0 Å². The van der Waals surface area contributed by atoms with Gasteiger partial charge in [0.15, 0.2) is 0 Å². The molecule has 0 aliphatic rings. The van der Waals surface area contributed by atoms with E-state index in [2.05, 4.69) is 5.32 Å². The Bertz CT molecular complexity index is 344. The van der Waals surface area contributed by atoms with E-state index in [0.717, 1.165) is 0 Å². The zero-order chi connectivity index (χ0) is 15.6. The van der Waals surface area contributed by atoms with Crippen LogP contribution in [0.4, 0.5) is 4.79 Å². The molecule has 7 N–H and O–H groups in total. The normalized spacial score (nSPS) is 11.7. The van der Waals surface area contributed by atoms with Gasteiger partial charge in [-0.3, -0.25) is 9.59 Å². The summed E-state index contributed by atoms with van der Waals surface area (Å²) in [7, 11) is 0. The number of nitrogens with two attached hydrogens (primary N) is 2. The van der Waals surface area contributed by atoms with E-state index in [1.54, 1.807) is 0 Å². The van der Waals surface area contributed by atoms with Crippen molar-refractivity contribution in [3.05, 3.63) is 0 Å². The van der Waals surface area contributed by atoms with Crippen molar-refractivity contribution in [2.45, 2.75) is 31.8 Å². The Balaban J connectivity index is -0.000000508. The number of amides is 2. The van der Waals surface area contributed by atoms with Crippen molar-refractivity contribution in [2.75, 3.05) is 0 Å². The van der Waals surface area contributed by atoms with Crippen LogP contribution in [0.2, 0.25) is 0 Å². The van der Waals surface area contributed by atoms with Crippen LogP contribution in [-0.2, 0) is 14.4 Å². The number of carboxylic acids is 1. The van der Waals surface area contributed by atoms with Gasteiger partial charge in [0.2, 0.25) is 18.0 Å². The SMILES string of the molecule is C[C@H](N)C(=O)N[C@@H](CCC(N)=O)C(=O)O.O=C([O-])O.[Na+]. The standard InChI is InChI=1S/C8H15N3O4.CH2O3.Na/c1-4(9)7(13)11-5(8(14)15)2-3-6(10)12;2-1(3)4;/h4-5H,2-3,9H2,1H3,(H2,10,12)(H,11,13)(H,14,15);(H2,2,3,4);/q;;+1/p-1/t4-,5-;;/m0../s1. The van der Waals surface area contributed by atoms with E-state index in [0.29, 0.717) is 0 Å². The molecule has 0 rings (SSSR count). The zero-order valence-electron chi connectivity index (χ0n) is 11.2. The van der Waals surface area contributed by atoms with Crippen LogP contribution >= 0.6 is 0 Å². The van der Waals surface area contributed by atoms with Crippen LogP contribution in [0.3, 0.4) is 0 Å². The average Bonchev–Trinajstić information content (AvgIpc) is 2.21. The van der Waals surface area contributed by atoms with Crippen molar-refractivity contribution in [1.82, 2.24) is 5.32 Å². The molecule has 0 saturated heterocycles. The fourth-order valence-corrected chi connectivity index (χ4v) is 0.847. The van der Waals surface area contributed by atoms with Gasteiger partial charge in [-0.05, 0) is 13.3 Å². The molecule has 0 aromatic rings. The molecule has 2 atom stereocenters. The summed E-state index contributed by atoms with van der Waals surface area (Å²) in [5, 5.41) is 26.2. The molecule has 20 heavy (non-hydrogen) atoms. The predicted molar refractivity (Wildman–Crippen MR) is 59.7 cm³/mol. The molecule has 2 amide bonds. The first kappa shape index (κ1) is 23.7. The van der Waals surface area contributed by atoms with Gasteiger partial charge in [0.25, 0.3) is 0 Å². The van der Waals surface area contributed by atoms with Crippen LogP contribution in [-0.4, -0.2) is 46.2 Å². The van der Waals surface area contributed by atoms with Crippen LogP contribution in [0.15, 0.2) is 0 Å². The third kappa shape index (κ3) is 16.6. The first-order valence-corrected chi connectivity index (χ1v) is 5.05. The number of carbonyl (C=O) groups is 4. The van der Waals surface area contributed by atoms with Crippen molar-refractivity contribution in [1.29, 1.82) is 0 Å². The number of hydrogen-bond donors (Lipinski definition) is 5. The van der Waals surface area contributed by atoms with Gasteiger partial charge < -0.3 is 36.9 Å². The maximum Gasteiger partial charge on any atom is 1.00 e. The second kappa shape index (κ2) is 12.7. The largest absolute Gasteiger partial charge is 1.00 e. The number of carbonyl (C=O) groups excluding carboxylic acids is 2. The van der Waals surface area contributed by atoms with Gasteiger partial charge in [-0.1, -0.05) is 0 Å². The average molecular weight is 301 g/mol. The second-order valence-electron chi connectivity index (χ2n) is 3.46. The Labute approximate surface area is 136 Å². The molecular formula is C9H16N3NaO7. The van der Waals surface area contributed by atoms with E-state index in [1.165, 1.54) is 6.92 Å². The van der Waals surface area contributed by atoms with Crippen LogP contribution in [0.1, 0.15) is 19.8 Å². The maximum atomic E-state index is 11.1. The van der Waals surface area contributed by atoms with Crippen molar-refractivity contribution in [3.63, 3.8) is 0 Å². The van der Waals surface area contributed by atoms with Gasteiger partial charge in [0.05, 0.1) is 6.04 Å². The van der Waals surface area contributed by atoms with Crippen molar-refractivity contribution in [2.24, 2.45) is 11.5 Å². The first-order valence-electron chi connectivity index (χ1n) is 5.05. The summed E-state index contributed by atoms with van der Waals surface area (Å²) in [6.07, 6.45) is -2.22. The van der Waals surface area contributed by atoms with Crippen LogP contribution in [0.25, 0.3) is 0 Å². The molecule has 0 aliphatic carbocycles. The molecule has 110 valence electrons. The number of primary amides is 1.